The molecule has 4 rings (SSSR count). The van der Waals surface area contributed by atoms with E-state index in [9.17, 15) is 22.0 Å². The van der Waals surface area contributed by atoms with Crippen LogP contribution in [0.1, 0.15) is 47.9 Å². The Morgan fingerprint density at radius 1 is 1.04 bits per heavy atom. The second-order valence-electron chi connectivity index (χ2n) is 7.35. The van der Waals surface area contributed by atoms with Crippen LogP contribution in [0, 0.1) is 0 Å². The molecule has 0 saturated heterocycles. The number of fused-ring (bicyclic) bond motifs is 2. The van der Waals surface area contributed by atoms with Gasteiger partial charge in [-0.1, -0.05) is 6.07 Å². The van der Waals surface area contributed by atoms with Crippen LogP contribution in [0.3, 0.4) is 0 Å². The van der Waals surface area contributed by atoms with Crippen molar-refractivity contribution in [1.82, 2.24) is 9.44 Å². The zero-order valence-electron chi connectivity index (χ0n) is 14.2. The summed E-state index contributed by atoms with van der Waals surface area (Å²) in [5.74, 6) is 0. The molecule has 3 aliphatic rings. The molecule has 1 aromatic rings. The van der Waals surface area contributed by atoms with Gasteiger partial charge in [0.2, 0.25) is 0 Å². The van der Waals surface area contributed by atoms with E-state index in [0.29, 0.717) is 5.69 Å². The Hall–Kier alpha value is -1.74. The van der Waals surface area contributed by atoms with Gasteiger partial charge in [-0.3, -0.25) is 0 Å². The number of amides is 2. The largest absolute Gasteiger partial charge is 0.333 e. The molecule has 1 fully saturated rings. The van der Waals surface area contributed by atoms with Crippen molar-refractivity contribution in [2.24, 2.45) is 0 Å². The number of carbonyl (C=O) groups is 1. The highest BCUT2D eigenvalue weighted by molar-refractivity contribution is 7.88. The van der Waals surface area contributed by atoms with Gasteiger partial charge in [0.05, 0.1) is 5.54 Å². The SMILES string of the molecule is O=C(Nc1c2c(cc3c1CCC3)CCC2)NS(=O)(=O)NC1(C(F)F)CC1. The highest BCUT2D eigenvalue weighted by atomic mass is 32.2. The van der Waals surface area contributed by atoms with Crippen LogP contribution >= 0.6 is 0 Å². The Morgan fingerprint density at radius 3 is 2.12 bits per heavy atom. The number of anilines is 1. The van der Waals surface area contributed by atoms with Gasteiger partial charge >= 0.3 is 16.2 Å². The highest BCUT2D eigenvalue weighted by Gasteiger charge is 2.54. The second kappa shape index (κ2) is 6.16. The number of halogens is 2. The molecule has 0 heterocycles. The highest BCUT2D eigenvalue weighted by Crippen LogP contribution is 2.41. The van der Waals surface area contributed by atoms with Crippen molar-refractivity contribution in [2.45, 2.75) is 63.3 Å². The van der Waals surface area contributed by atoms with Gasteiger partial charge in [0.1, 0.15) is 0 Å². The Kier molecular flexibility index (Phi) is 4.18. The lowest BCUT2D eigenvalue weighted by molar-refractivity contribution is 0.0968. The molecule has 0 bridgehead atoms. The third-order valence-corrected chi connectivity index (χ3v) is 6.61. The quantitative estimate of drug-likeness (QED) is 0.727. The van der Waals surface area contributed by atoms with Gasteiger partial charge in [-0.05, 0) is 73.6 Å². The fourth-order valence-electron chi connectivity index (χ4n) is 4.02. The van der Waals surface area contributed by atoms with Crippen LogP contribution in [-0.2, 0) is 35.9 Å². The van der Waals surface area contributed by atoms with E-state index in [4.69, 9.17) is 0 Å². The van der Waals surface area contributed by atoms with Gasteiger partial charge in [-0.25, -0.2) is 18.3 Å². The van der Waals surface area contributed by atoms with Gasteiger partial charge in [0.15, 0.2) is 0 Å². The molecule has 0 aliphatic heterocycles. The first kappa shape index (κ1) is 17.7. The maximum absolute atomic E-state index is 12.9. The molecule has 0 atom stereocenters. The molecule has 6 nitrogen and oxygen atoms in total. The van der Waals surface area contributed by atoms with E-state index < -0.39 is 28.2 Å². The van der Waals surface area contributed by atoms with Gasteiger partial charge in [-0.15, -0.1) is 0 Å². The Morgan fingerprint density at radius 2 is 1.62 bits per heavy atom. The first-order chi connectivity index (χ1) is 12.3. The third-order valence-electron chi connectivity index (χ3n) is 5.48. The molecular weight excluding hydrogens is 364 g/mol. The molecule has 9 heteroatoms. The van der Waals surface area contributed by atoms with Crippen LogP contribution in [0.2, 0.25) is 0 Å². The predicted octanol–water partition coefficient (Wildman–Crippen LogP) is 2.42. The van der Waals surface area contributed by atoms with E-state index in [-0.39, 0.29) is 12.8 Å². The van der Waals surface area contributed by atoms with Crippen LogP contribution in [0.4, 0.5) is 19.3 Å². The molecule has 26 heavy (non-hydrogen) atoms. The average molecular weight is 385 g/mol. The monoisotopic (exact) mass is 385 g/mol. The number of aryl methyl sites for hydroxylation is 2. The topological polar surface area (TPSA) is 87.3 Å². The minimum absolute atomic E-state index is 0.0624. The molecule has 2 amide bonds. The molecule has 0 spiro atoms. The smallest absolute Gasteiger partial charge is 0.307 e. The number of urea groups is 1. The number of rotatable bonds is 5. The summed E-state index contributed by atoms with van der Waals surface area (Å²) in [4.78, 5) is 12.3. The maximum Gasteiger partial charge on any atom is 0.333 e. The van der Waals surface area contributed by atoms with Crippen LogP contribution in [0.15, 0.2) is 6.07 Å². The van der Waals surface area contributed by atoms with Crippen molar-refractivity contribution in [3.8, 4) is 0 Å². The first-order valence-electron chi connectivity index (χ1n) is 8.87. The Bertz CT molecular complexity index is 834. The lowest BCUT2D eigenvalue weighted by atomic mass is 9.99. The summed E-state index contributed by atoms with van der Waals surface area (Å²) in [6.45, 7) is 0. The normalized spacial score (nSPS) is 20.0. The lowest BCUT2D eigenvalue weighted by Crippen LogP contribution is -2.50. The van der Waals surface area contributed by atoms with E-state index in [1.165, 1.54) is 11.1 Å². The summed E-state index contributed by atoms with van der Waals surface area (Å²) in [7, 11) is -4.36. The van der Waals surface area contributed by atoms with E-state index in [2.05, 4.69) is 11.4 Å². The molecule has 142 valence electrons. The maximum atomic E-state index is 12.9. The van der Waals surface area contributed by atoms with Crippen molar-refractivity contribution in [2.75, 3.05) is 5.32 Å². The molecule has 3 aliphatic carbocycles. The molecule has 0 radical (unpaired) electrons. The summed E-state index contributed by atoms with van der Waals surface area (Å²) in [5, 5.41) is 2.68. The number of hydrogen-bond acceptors (Lipinski definition) is 3. The summed E-state index contributed by atoms with van der Waals surface area (Å²) >= 11 is 0. The predicted molar refractivity (Wildman–Crippen MR) is 92.7 cm³/mol. The summed E-state index contributed by atoms with van der Waals surface area (Å²) in [6.07, 6.45) is 2.93. The summed E-state index contributed by atoms with van der Waals surface area (Å²) < 4.78 is 53.7. The van der Waals surface area contributed by atoms with Crippen molar-refractivity contribution < 1.29 is 22.0 Å². The van der Waals surface area contributed by atoms with Crippen molar-refractivity contribution in [3.63, 3.8) is 0 Å². The fraction of sp³-hybridized carbons (Fsp3) is 0.588. The van der Waals surface area contributed by atoms with Gasteiger partial charge < -0.3 is 5.32 Å². The van der Waals surface area contributed by atoms with Crippen LogP contribution in [-0.4, -0.2) is 26.4 Å². The first-order valence-corrected chi connectivity index (χ1v) is 10.4. The zero-order valence-corrected chi connectivity index (χ0v) is 15.0. The van der Waals surface area contributed by atoms with E-state index in [1.807, 2.05) is 9.44 Å². The van der Waals surface area contributed by atoms with Crippen LogP contribution in [0.5, 0.6) is 0 Å². The van der Waals surface area contributed by atoms with Crippen molar-refractivity contribution in [3.05, 3.63) is 28.3 Å². The number of alkyl halides is 2. The zero-order chi connectivity index (χ0) is 18.5. The third kappa shape index (κ3) is 3.18. The van der Waals surface area contributed by atoms with Gasteiger partial charge in [0, 0.05) is 5.69 Å². The van der Waals surface area contributed by atoms with Gasteiger partial charge in [0.25, 0.3) is 6.43 Å². The van der Waals surface area contributed by atoms with Crippen LogP contribution in [0.25, 0.3) is 0 Å². The van der Waals surface area contributed by atoms with E-state index in [1.54, 1.807) is 0 Å². The fourth-order valence-corrected chi connectivity index (χ4v) is 5.20. The minimum Gasteiger partial charge on any atom is -0.307 e. The van der Waals surface area contributed by atoms with E-state index >= 15 is 0 Å². The molecular formula is C17H21F2N3O3S. The number of benzene rings is 1. The summed E-state index contributed by atoms with van der Waals surface area (Å²) in [5.41, 5.74) is 3.51. The lowest BCUT2D eigenvalue weighted by Gasteiger charge is -2.19. The number of carbonyl (C=O) groups excluding carboxylic acids is 1. The molecule has 1 aromatic carbocycles. The molecule has 1 saturated carbocycles. The minimum atomic E-state index is -4.36. The number of nitrogens with one attached hydrogen (secondary N) is 3. The van der Waals surface area contributed by atoms with E-state index in [0.717, 1.165) is 49.7 Å². The standard InChI is InChI=1S/C17H21F2N3O3S/c18-15(19)17(7-8-17)22-26(24,25)21-16(23)20-14-12-5-1-3-10(12)9-11-4-2-6-13(11)14/h9,15,22H,1-8H2,(H2,20,21,23). The van der Waals surface area contributed by atoms with Gasteiger partial charge in [-0.2, -0.15) is 13.1 Å². The summed E-state index contributed by atoms with van der Waals surface area (Å²) in [6, 6.07) is 1.28. The number of hydrogen-bond donors (Lipinski definition) is 3. The molecule has 0 unspecified atom stereocenters. The average Bonchev–Trinajstić information content (AvgIpc) is 2.96. The molecule has 0 aromatic heterocycles. The van der Waals surface area contributed by atoms with Crippen molar-refractivity contribution >= 4 is 21.9 Å². The molecule has 3 N–H and O–H groups in total. The second-order valence-corrected chi connectivity index (χ2v) is 8.77. The van der Waals surface area contributed by atoms with Crippen molar-refractivity contribution in [1.29, 1.82) is 0 Å². The van der Waals surface area contributed by atoms with Crippen LogP contribution < -0.4 is 14.8 Å². The Balaban J connectivity index is 1.51. The Labute approximate surface area is 150 Å².